The van der Waals surface area contributed by atoms with Crippen LogP contribution in [0.1, 0.15) is 27.4 Å². The van der Waals surface area contributed by atoms with Crippen LogP contribution in [0, 0.1) is 13.8 Å². The number of nitrogens with one attached hydrogen (secondary N) is 1. The molecule has 0 saturated heterocycles. The summed E-state index contributed by atoms with van der Waals surface area (Å²) in [7, 11) is 1.33. The molecule has 0 aliphatic carbocycles. The summed E-state index contributed by atoms with van der Waals surface area (Å²) in [5.41, 5.74) is 6.46. The van der Waals surface area contributed by atoms with Crippen LogP contribution in [-0.2, 0) is 10.5 Å². The standard InChI is InChI=1S/C19H22N2O3S2/c1-5-11-25-19(21-20-17-13(2)7-6-8-14(17)3)26-12-15-9-10-16(24-15)18(22)23-4/h5-10,20H,1,11-12H2,2-4H3/b21-19+. The van der Waals surface area contributed by atoms with Gasteiger partial charge in [-0.05, 0) is 37.1 Å². The van der Waals surface area contributed by atoms with Gasteiger partial charge in [0.05, 0.1) is 18.6 Å². The number of carbonyl (C=O) groups excluding carboxylic acids is 1. The van der Waals surface area contributed by atoms with E-state index in [2.05, 4.69) is 21.8 Å². The van der Waals surface area contributed by atoms with E-state index < -0.39 is 5.97 Å². The fourth-order valence-corrected chi connectivity index (χ4v) is 3.74. The largest absolute Gasteiger partial charge is 0.463 e. The highest BCUT2D eigenvalue weighted by atomic mass is 32.2. The molecule has 2 aromatic rings. The first-order valence-electron chi connectivity index (χ1n) is 7.98. The van der Waals surface area contributed by atoms with Gasteiger partial charge in [-0.2, -0.15) is 5.10 Å². The van der Waals surface area contributed by atoms with Crippen LogP contribution in [0.4, 0.5) is 5.69 Å². The first-order chi connectivity index (χ1) is 12.5. The highest BCUT2D eigenvalue weighted by Gasteiger charge is 2.12. The maximum Gasteiger partial charge on any atom is 0.373 e. The van der Waals surface area contributed by atoms with E-state index in [4.69, 9.17) is 4.42 Å². The smallest absolute Gasteiger partial charge is 0.373 e. The van der Waals surface area contributed by atoms with Crippen LogP contribution in [0.3, 0.4) is 0 Å². The molecule has 0 bridgehead atoms. The number of anilines is 1. The first-order valence-corrected chi connectivity index (χ1v) is 9.95. The van der Waals surface area contributed by atoms with Crippen molar-refractivity contribution in [3.05, 3.63) is 65.6 Å². The van der Waals surface area contributed by atoms with E-state index in [0.29, 0.717) is 11.5 Å². The number of esters is 1. The molecule has 1 N–H and O–H groups in total. The molecule has 0 aliphatic heterocycles. The van der Waals surface area contributed by atoms with Gasteiger partial charge in [-0.25, -0.2) is 4.79 Å². The number of hydrogen-bond acceptors (Lipinski definition) is 7. The molecule has 138 valence electrons. The zero-order valence-electron chi connectivity index (χ0n) is 15.1. The molecule has 7 heteroatoms. The molecule has 5 nitrogen and oxygen atoms in total. The van der Waals surface area contributed by atoms with Gasteiger partial charge in [-0.1, -0.05) is 47.8 Å². The van der Waals surface area contributed by atoms with Gasteiger partial charge in [-0.15, -0.1) is 6.58 Å². The fourth-order valence-electron chi connectivity index (χ4n) is 2.13. The second kappa shape index (κ2) is 10.1. The summed E-state index contributed by atoms with van der Waals surface area (Å²) in [6.07, 6.45) is 1.84. The summed E-state index contributed by atoms with van der Waals surface area (Å²) in [6, 6.07) is 9.51. The fraction of sp³-hybridized carbons (Fsp3) is 0.263. The lowest BCUT2D eigenvalue weighted by molar-refractivity contribution is 0.0563. The number of para-hydroxylation sites is 1. The van der Waals surface area contributed by atoms with Crippen molar-refractivity contribution in [1.82, 2.24) is 0 Å². The predicted octanol–water partition coefficient (Wildman–Crippen LogP) is 5.22. The van der Waals surface area contributed by atoms with Crippen LogP contribution in [0.25, 0.3) is 0 Å². The lowest BCUT2D eigenvalue weighted by atomic mass is 10.1. The molecule has 0 saturated carbocycles. The van der Waals surface area contributed by atoms with Crippen molar-refractivity contribution >= 4 is 39.6 Å². The maximum atomic E-state index is 11.5. The number of hydrazone groups is 1. The second-order valence-corrected chi connectivity index (χ2v) is 7.63. The third kappa shape index (κ3) is 5.71. The molecule has 26 heavy (non-hydrogen) atoms. The van der Waals surface area contributed by atoms with Gasteiger partial charge >= 0.3 is 5.97 Å². The minimum absolute atomic E-state index is 0.203. The molecule has 0 atom stereocenters. The van der Waals surface area contributed by atoms with Gasteiger partial charge in [-0.3, -0.25) is 5.43 Å². The number of rotatable bonds is 7. The minimum atomic E-state index is -0.479. The van der Waals surface area contributed by atoms with Gasteiger partial charge in [0.15, 0.2) is 4.38 Å². The lowest BCUT2D eigenvalue weighted by Crippen LogP contribution is -1.99. The summed E-state index contributed by atoms with van der Waals surface area (Å²) in [6.45, 7) is 7.85. The summed E-state index contributed by atoms with van der Waals surface area (Å²) < 4.78 is 11.0. The highest BCUT2D eigenvalue weighted by Crippen LogP contribution is 2.25. The number of furan rings is 1. The number of methoxy groups -OCH3 is 1. The molecule has 0 fully saturated rings. The van der Waals surface area contributed by atoms with Crippen LogP contribution in [0.2, 0.25) is 0 Å². The van der Waals surface area contributed by atoms with Crippen molar-refractivity contribution in [3.8, 4) is 0 Å². The Balaban J connectivity index is 2.05. The zero-order valence-corrected chi connectivity index (χ0v) is 16.7. The molecular formula is C19H22N2O3S2. The Labute approximate surface area is 162 Å². The van der Waals surface area contributed by atoms with Gasteiger partial charge in [0.25, 0.3) is 0 Å². The molecule has 0 unspecified atom stereocenters. The quantitative estimate of drug-likeness (QED) is 0.230. The second-order valence-electron chi connectivity index (χ2n) is 5.40. The monoisotopic (exact) mass is 390 g/mol. The Morgan fingerprint density at radius 2 is 2.00 bits per heavy atom. The Morgan fingerprint density at radius 3 is 2.65 bits per heavy atom. The van der Waals surface area contributed by atoms with Crippen molar-refractivity contribution in [2.24, 2.45) is 5.10 Å². The topological polar surface area (TPSA) is 63.8 Å². The highest BCUT2D eigenvalue weighted by molar-refractivity contribution is 8.38. The Kier molecular flexibility index (Phi) is 7.87. The summed E-state index contributed by atoms with van der Waals surface area (Å²) >= 11 is 3.12. The Hall–Kier alpha value is -2.12. The van der Waals surface area contributed by atoms with Gasteiger partial charge in [0, 0.05) is 5.75 Å². The number of nitrogens with zero attached hydrogens (tertiary/aromatic N) is 1. The van der Waals surface area contributed by atoms with E-state index in [-0.39, 0.29) is 5.76 Å². The van der Waals surface area contributed by atoms with Crippen LogP contribution in [-0.4, -0.2) is 23.2 Å². The average Bonchev–Trinajstić information content (AvgIpc) is 3.11. The van der Waals surface area contributed by atoms with Crippen molar-refractivity contribution in [1.29, 1.82) is 0 Å². The predicted molar refractivity (Wildman–Crippen MR) is 111 cm³/mol. The van der Waals surface area contributed by atoms with Crippen LogP contribution < -0.4 is 5.43 Å². The van der Waals surface area contributed by atoms with Crippen molar-refractivity contribution < 1.29 is 13.9 Å². The van der Waals surface area contributed by atoms with Crippen LogP contribution in [0.5, 0.6) is 0 Å². The number of benzene rings is 1. The lowest BCUT2D eigenvalue weighted by Gasteiger charge is -2.10. The van der Waals surface area contributed by atoms with E-state index in [0.717, 1.165) is 26.9 Å². The van der Waals surface area contributed by atoms with E-state index in [9.17, 15) is 4.79 Å². The third-order valence-electron chi connectivity index (χ3n) is 3.45. The zero-order chi connectivity index (χ0) is 18.9. The first kappa shape index (κ1) is 20.2. The SMILES string of the molecule is C=CCS/C(=N\Nc1c(C)cccc1C)SCc1ccc(C(=O)OC)o1. The van der Waals surface area contributed by atoms with Crippen LogP contribution >= 0.6 is 23.5 Å². The molecule has 2 rings (SSSR count). The molecule has 1 aromatic heterocycles. The summed E-state index contributed by atoms with van der Waals surface area (Å²) in [4.78, 5) is 11.5. The van der Waals surface area contributed by atoms with Gasteiger partial charge < -0.3 is 9.15 Å². The molecule has 0 amide bonds. The molecule has 1 heterocycles. The van der Waals surface area contributed by atoms with E-state index in [1.54, 1.807) is 23.9 Å². The summed E-state index contributed by atoms with van der Waals surface area (Å²) in [5.74, 6) is 1.73. The Bertz CT molecular complexity index is 780. The van der Waals surface area contributed by atoms with E-state index in [1.807, 2.05) is 38.1 Å². The van der Waals surface area contributed by atoms with Crippen molar-refractivity contribution in [2.75, 3.05) is 18.3 Å². The molecule has 0 radical (unpaired) electrons. The third-order valence-corrected chi connectivity index (χ3v) is 5.67. The minimum Gasteiger partial charge on any atom is -0.463 e. The van der Waals surface area contributed by atoms with Gasteiger partial charge in [0.1, 0.15) is 5.76 Å². The Morgan fingerprint density at radius 1 is 1.27 bits per heavy atom. The molecule has 0 spiro atoms. The number of carbonyl (C=O) groups is 1. The molecular weight excluding hydrogens is 368 g/mol. The average molecular weight is 391 g/mol. The van der Waals surface area contributed by atoms with E-state index in [1.165, 1.54) is 18.9 Å². The molecule has 1 aromatic carbocycles. The van der Waals surface area contributed by atoms with Gasteiger partial charge in [0.2, 0.25) is 5.76 Å². The van der Waals surface area contributed by atoms with E-state index >= 15 is 0 Å². The summed E-state index contributed by atoms with van der Waals surface area (Å²) in [5, 5.41) is 4.54. The number of thioether (sulfide) groups is 2. The van der Waals surface area contributed by atoms with Crippen molar-refractivity contribution in [3.63, 3.8) is 0 Å². The van der Waals surface area contributed by atoms with Crippen molar-refractivity contribution in [2.45, 2.75) is 19.6 Å². The normalized spacial score (nSPS) is 11.3. The number of ether oxygens (including phenoxy) is 1. The maximum absolute atomic E-state index is 11.5. The molecule has 0 aliphatic rings. The van der Waals surface area contributed by atoms with Crippen LogP contribution in [0.15, 0.2) is 52.5 Å². The number of aryl methyl sites for hydroxylation is 2. The number of hydrogen-bond donors (Lipinski definition) is 1.